The zero-order chi connectivity index (χ0) is 14.5. The average molecular weight is 277 g/mol. The fourth-order valence-corrected chi connectivity index (χ4v) is 1.69. The van der Waals surface area contributed by atoms with Crippen molar-refractivity contribution >= 4 is 11.9 Å². The van der Waals surface area contributed by atoms with Crippen LogP contribution in [0, 0.1) is 0 Å². The van der Waals surface area contributed by atoms with Crippen LogP contribution < -0.4 is 14.8 Å². The van der Waals surface area contributed by atoms with Gasteiger partial charge in [0.25, 0.3) is 5.91 Å². The number of hydrogen-bond acceptors (Lipinski definition) is 5. The van der Waals surface area contributed by atoms with Gasteiger partial charge >= 0.3 is 5.97 Å². The Morgan fingerprint density at radius 3 is 2.80 bits per heavy atom. The fraction of sp³-hybridized carbons (Fsp3) is 0.286. The first-order valence-electron chi connectivity index (χ1n) is 6.04. The van der Waals surface area contributed by atoms with E-state index in [0.29, 0.717) is 11.5 Å². The van der Waals surface area contributed by atoms with E-state index in [1.54, 1.807) is 18.2 Å². The minimum Gasteiger partial charge on any atom is -0.485 e. The number of amides is 1. The van der Waals surface area contributed by atoms with Gasteiger partial charge in [-0.25, -0.2) is 0 Å². The van der Waals surface area contributed by atoms with Crippen LogP contribution in [-0.2, 0) is 14.3 Å². The third-order valence-electron chi connectivity index (χ3n) is 2.69. The van der Waals surface area contributed by atoms with Crippen LogP contribution in [0.1, 0.15) is 6.42 Å². The molecule has 1 aliphatic heterocycles. The Morgan fingerprint density at radius 1 is 1.40 bits per heavy atom. The number of para-hydroxylation sites is 2. The topological polar surface area (TPSA) is 73.9 Å². The summed E-state index contributed by atoms with van der Waals surface area (Å²) in [6.07, 6.45) is -0.855. The van der Waals surface area contributed by atoms with Crippen LogP contribution in [0.3, 0.4) is 0 Å². The maximum Gasteiger partial charge on any atom is 0.311 e. The largest absolute Gasteiger partial charge is 0.485 e. The van der Waals surface area contributed by atoms with Gasteiger partial charge in [0.15, 0.2) is 11.5 Å². The van der Waals surface area contributed by atoms with Crippen LogP contribution >= 0.6 is 0 Å². The maximum atomic E-state index is 12.0. The first-order chi connectivity index (χ1) is 9.60. The summed E-state index contributed by atoms with van der Waals surface area (Å²) in [4.78, 5) is 23.0. The molecular formula is C14H15NO5. The highest BCUT2D eigenvalue weighted by Gasteiger charge is 2.27. The first kappa shape index (κ1) is 13.9. The van der Waals surface area contributed by atoms with Crippen molar-refractivity contribution in [2.24, 2.45) is 0 Å². The van der Waals surface area contributed by atoms with Crippen molar-refractivity contribution in [3.8, 4) is 11.5 Å². The number of esters is 1. The van der Waals surface area contributed by atoms with Crippen LogP contribution in [0.2, 0.25) is 0 Å². The van der Waals surface area contributed by atoms with Gasteiger partial charge in [0.2, 0.25) is 6.10 Å². The number of carbonyl (C=O) groups excluding carboxylic acids is 2. The Kier molecular flexibility index (Phi) is 4.24. The predicted molar refractivity (Wildman–Crippen MR) is 70.3 cm³/mol. The van der Waals surface area contributed by atoms with Crippen LogP contribution in [0.4, 0.5) is 0 Å². The molecule has 0 bridgehead atoms. The molecule has 2 rings (SSSR count). The molecule has 0 unspecified atom stereocenters. The van der Waals surface area contributed by atoms with Crippen molar-refractivity contribution in [2.75, 3.05) is 13.7 Å². The summed E-state index contributed by atoms with van der Waals surface area (Å²) in [6.45, 7) is 3.70. The summed E-state index contributed by atoms with van der Waals surface area (Å²) in [5.74, 6) is 0.234. The molecule has 0 saturated heterocycles. The van der Waals surface area contributed by atoms with Crippen LogP contribution in [0.15, 0.2) is 36.5 Å². The van der Waals surface area contributed by atoms with Crippen molar-refractivity contribution in [3.63, 3.8) is 0 Å². The van der Waals surface area contributed by atoms with Gasteiger partial charge in [0.1, 0.15) is 6.61 Å². The second-order valence-corrected chi connectivity index (χ2v) is 4.21. The highest BCUT2D eigenvalue weighted by Crippen LogP contribution is 2.30. The molecule has 1 atom stereocenters. The molecule has 1 aromatic rings. The summed E-state index contributed by atoms with van der Waals surface area (Å²) < 4.78 is 15.5. The Hall–Kier alpha value is -2.50. The van der Waals surface area contributed by atoms with Gasteiger partial charge in [-0.15, -0.1) is 0 Å². The summed E-state index contributed by atoms with van der Waals surface area (Å²) >= 11 is 0. The number of carbonyl (C=O) groups is 2. The minimum absolute atomic E-state index is 0.0770. The number of fused-ring (bicyclic) bond motifs is 1. The first-order valence-corrected chi connectivity index (χ1v) is 6.04. The molecule has 6 heteroatoms. The molecule has 0 spiro atoms. The van der Waals surface area contributed by atoms with E-state index >= 15 is 0 Å². The van der Waals surface area contributed by atoms with Crippen molar-refractivity contribution in [3.05, 3.63) is 36.5 Å². The van der Waals surface area contributed by atoms with Gasteiger partial charge in [0, 0.05) is 5.70 Å². The molecule has 6 nitrogen and oxygen atoms in total. The molecule has 1 aromatic carbocycles. The molecule has 0 fully saturated rings. The third kappa shape index (κ3) is 3.28. The standard InChI is InChI=1S/C14H15NO5/c1-9(7-13(16)18-2)15-14(17)12-8-19-10-5-3-4-6-11(10)20-12/h3-6,12H,1,7-8H2,2H3,(H,15,17)/t12-/m0/s1. The lowest BCUT2D eigenvalue weighted by Gasteiger charge is -2.25. The molecule has 0 aromatic heterocycles. The van der Waals surface area contributed by atoms with Crippen molar-refractivity contribution in [1.29, 1.82) is 0 Å². The highest BCUT2D eigenvalue weighted by molar-refractivity contribution is 5.84. The second kappa shape index (κ2) is 6.10. The lowest BCUT2D eigenvalue weighted by atomic mass is 10.2. The van der Waals surface area contributed by atoms with Crippen LogP contribution in [-0.4, -0.2) is 31.7 Å². The van der Waals surface area contributed by atoms with Gasteiger partial charge in [-0.05, 0) is 12.1 Å². The van der Waals surface area contributed by atoms with E-state index in [0.717, 1.165) is 0 Å². The number of benzene rings is 1. The normalized spacial score (nSPS) is 16.1. The SMILES string of the molecule is C=C(CC(=O)OC)NC(=O)[C@@H]1COc2ccccc2O1. The van der Waals surface area contributed by atoms with Crippen LogP contribution in [0.5, 0.6) is 11.5 Å². The van der Waals surface area contributed by atoms with E-state index in [-0.39, 0.29) is 18.7 Å². The monoisotopic (exact) mass is 277 g/mol. The van der Waals surface area contributed by atoms with Gasteiger partial charge in [0.05, 0.1) is 13.5 Å². The maximum absolute atomic E-state index is 12.0. The summed E-state index contributed by atoms with van der Waals surface area (Å²) in [7, 11) is 1.27. The van der Waals surface area contributed by atoms with E-state index in [1.165, 1.54) is 7.11 Å². The molecule has 106 valence electrons. The number of rotatable bonds is 4. The van der Waals surface area contributed by atoms with Gasteiger partial charge in [-0.3, -0.25) is 9.59 Å². The lowest BCUT2D eigenvalue weighted by Crippen LogP contribution is -2.43. The Balaban J connectivity index is 1.92. The zero-order valence-electron chi connectivity index (χ0n) is 11.0. The molecule has 20 heavy (non-hydrogen) atoms. The van der Waals surface area contributed by atoms with Crippen molar-refractivity contribution < 1.29 is 23.8 Å². The third-order valence-corrected chi connectivity index (χ3v) is 2.69. The highest BCUT2D eigenvalue weighted by atomic mass is 16.6. The van der Waals surface area contributed by atoms with E-state index in [2.05, 4.69) is 16.6 Å². The Bertz CT molecular complexity index is 540. The summed E-state index contributed by atoms with van der Waals surface area (Å²) in [5, 5.41) is 2.51. The Morgan fingerprint density at radius 2 is 2.10 bits per heavy atom. The smallest absolute Gasteiger partial charge is 0.311 e. The molecule has 1 amide bonds. The van der Waals surface area contributed by atoms with Gasteiger partial charge < -0.3 is 19.5 Å². The molecule has 0 aliphatic carbocycles. The van der Waals surface area contributed by atoms with E-state index < -0.39 is 18.0 Å². The zero-order valence-corrected chi connectivity index (χ0v) is 11.0. The molecule has 0 radical (unpaired) electrons. The molecule has 1 N–H and O–H groups in total. The van der Waals surface area contributed by atoms with E-state index in [1.807, 2.05) is 6.07 Å². The summed E-state index contributed by atoms with van der Waals surface area (Å²) in [6, 6.07) is 7.09. The van der Waals surface area contributed by atoms with Crippen LogP contribution in [0.25, 0.3) is 0 Å². The number of hydrogen-bond donors (Lipinski definition) is 1. The summed E-state index contributed by atoms with van der Waals surface area (Å²) in [5.41, 5.74) is 0.254. The molecule has 1 heterocycles. The number of methoxy groups -OCH3 is 1. The molecular weight excluding hydrogens is 262 g/mol. The van der Waals surface area contributed by atoms with Gasteiger partial charge in [-0.1, -0.05) is 18.7 Å². The van der Waals surface area contributed by atoms with E-state index in [4.69, 9.17) is 9.47 Å². The Labute approximate surface area is 116 Å². The van der Waals surface area contributed by atoms with Crippen molar-refractivity contribution in [2.45, 2.75) is 12.5 Å². The minimum atomic E-state index is -0.778. The predicted octanol–water partition coefficient (Wildman–Crippen LogP) is 1.02. The second-order valence-electron chi connectivity index (χ2n) is 4.21. The quantitative estimate of drug-likeness (QED) is 0.832. The average Bonchev–Trinajstić information content (AvgIpc) is 2.46. The number of ether oxygens (including phenoxy) is 3. The van der Waals surface area contributed by atoms with Crippen molar-refractivity contribution in [1.82, 2.24) is 5.32 Å². The van der Waals surface area contributed by atoms with E-state index in [9.17, 15) is 9.59 Å². The molecule has 1 aliphatic rings. The number of nitrogens with one attached hydrogen (secondary N) is 1. The van der Waals surface area contributed by atoms with Gasteiger partial charge in [-0.2, -0.15) is 0 Å². The fourth-order valence-electron chi connectivity index (χ4n) is 1.69. The molecule has 0 saturated carbocycles. The lowest BCUT2D eigenvalue weighted by molar-refractivity contribution is -0.139.